The van der Waals surface area contributed by atoms with Gasteiger partial charge in [0.15, 0.2) is 6.61 Å². The summed E-state index contributed by atoms with van der Waals surface area (Å²) in [5.41, 5.74) is 0. The highest BCUT2D eigenvalue weighted by Gasteiger charge is 2.09. The van der Waals surface area contributed by atoms with Crippen molar-refractivity contribution in [2.45, 2.75) is 20.3 Å². The second-order valence-corrected chi connectivity index (χ2v) is 6.62. The van der Waals surface area contributed by atoms with Crippen molar-refractivity contribution < 1.29 is 14.3 Å². The Morgan fingerprint density at radius 3 is 2.62 bits per heavy atom. The Balaban J connectivity index is 2.32. The molecule has 0 heterocycles. The predicted molar refractivity (Wildman–Crippen MR) is 88.3 cm³/mol. The number of rotatable bonds is 6. The van der Waals surface area contributed by atoms with Crippen molar-refractivity contribution in [1.29, 1.82) is 0 Å². The van der Waals surface area contributed by atoms with Crippen LogP contribution in [-0.2, 0) is 4.79 Å². The van der Waals surface area contributed by atoms with Gasteiger partial charge in [-0.15, -0.1) is 0 Å². The van der Waals surface area contributed by atoms with Crippen LogP contribution < -0.4 is 15.4 Å². The van der Waals surface area contributed by atoms with E-state index in [-0.39, 0.29) is 6.61 Å². The first kappa shape index (κ1) is 18.0. The van der Waals surface area contributed by atoms with Crippen LogP contribution in [0, 0.1) is 5.92 Å². The third kappa shape index (κ3) is 7.47. The zero-order valence-corrected chi connectivity index (χ0v) is 15.1. The van der Waals surface area contributed by atoms with Gasteiger partial charge in [0, 0.05) is 11.0 Å². The second-order valence-electron chi connectivity index (χ2n) is 4.85. The van der Waals surface area contributed by atoms with Crippen molar-refractivity contribution in [3.63, 3.8) is 0 Å². The molecule has 5 nitrogen and oxygen atoms in total. The van der Waals surface area contributed by atoms with Crippen molar-refractivity contribution in [1.82, 2.24) is 10.6 Å². The SMILES string of the molecule is CC(C)CCNC(=O)NC(=O)COc1ccc(Br)cc1Br. The smallest absolute Gasteiger partial charge is 0.321 e. The van der Waals surface area contributed by atoms with Crippen molar-refractivity contribution >= 4 is 43.8 Å². The van der Waals surface area contributed by atoms with E-state index in [2.05, 4.69) is 56.3 Å². The molecule has 7 heteroatoms. The van der Waals surface area contributed by atoms with E-state index in [0.29, 0.717) is 18.2 Å². The summed E-state index contributed by atoms with van der Waals surface area (Å²) in [5.74, 6) is 0.541. The van der Waals surface area contributed by atoms with Gasteiger partial charge in [0.05, 0.1) is 4.47 Å². The van der Waals surface area contributed by atoms with E-state index < -0.39 is 11.9 Å². The van der Waals surface area contributed by atoms with Gasteiger partial charge in [-0.2, -0.15) is 0 Å². The molecule has 3 amide bonds. The maximum atomic E-state index is 11.6. The first-order valence-corrected chi connectivity index (χ1v) is 8.12. The quantitative estimate of drug-likeness (QED) is 0.738. The average Bonchev–Trinajstić information content (AvgIpc) is 2.37. The second kappa shape index (κ2) is 9.04. The van der Waals surface area contributed by atoms with Crippen molar-refractivity contribution in [2.75, 3.05) is 13.2 Å². The number of imide groups is 1. The summed E-state index contributed by atoms with van der Waals surface area (Å²) in [7, 11) is 0. The van der Waals surface area contributed by atoms with Crippen LogP contribution in [0.5, 0.6) is 5.75 Å². The lowest BCUT2D eigenvalue weighted by molar-refractivity contribution is -0.122. The molecule has 0 atom stereocenters. The van der Waals surface area contributed by atoms with Crippen molar-refractivity contribution in [3.8, 4) is 5.75 Å². The zero-order valence-electron chi connectivity index (χ0n) is 11.9. The highest BCUT2D eigenvalue weighted by molar-refractivity contribution is 9.11. The molecule has 2 N–H and O–H groups in total. The Bertz CT molecular complexity index is 507. The molecule has 1 aromatic carbocycles. The predicted octanol–water partition coefficient (Wildman–Crippen LogP) is 3.46. The van der Waals surface area contributed by atoms with Gasteiger partial charge >= 0.3 is 6.03 Å². The molecule has 0 aromatic heterocycles. The molecule has 21 heavy (non-hydrogen) atoms. The van der Waals surface area contributed by atoms with Crippen LogP contribution in [0.3, 0.4) is 0 Å². The average molecular weight is 422 g/mol. The number of hydrogen-bond acceptors (Lipinski definition) is 3. The number of ether oxygens (including phenoxy) is 1. The summed E-state index contributed by atoms with van der Waals surface area (Å²) in [6.45, 7) is 4.44. The lowest BCUT2D eigenvalue weighted by Gasteiger charge is -2.10. The lowest BCUT2D eigenvalue weighted by Crippen LogP contribution is -2.42. The minimum Gasteiger partial charge on any atom is -0.483 e. The molecule has 1 rings (SSSR count). The molecule has 0 saturated carbocycles. The molecule has 0 saturated heterocycles. The largest absolute Gasteiger partial charge is 0.483 e. The highest BCUT2D eigenvalue weighted by Crippen LogP contribution is 2.27. The molecule has 0 spiro atoms. The zero-order chi connectivity index (χ0) is 15.8. The normalized spacial score (nSPS) is 10.3. The molecule has 0 aliphatic rings. The third-order valence-corrected chi connectivity index (χ3v) is 3.63. The number of carbonyl (C=O) groups excluding carboxylic acids is 2. The van der Waals surface area contributed by atoms with E-state index in [0.717, 1.165) is 15.4 Å². The van der Waals surface area contributed by atoms with E-state index in [1.165, 1.54) is 0 Å². The minimum atomic E-state index is -0.501. The maximum Gasteiger partial charge on any atom is 0.321 e. The summed E-state index contributed by atoms with van der Waals surface area (Å²) < 4.78 is 6.96. The monoisotopic (exact) mass is 420 g/mol. The number of nitrogens with one attached hydrogen (secondary N) is 2. The first-order valence-electron chi connectivity index (χ1n) is 6.54. The van der Waals surface area contributed by atoms with Crippen LogP contribution in [0.25, 0.3) is 0 Å². The van der Waals surface area contributed by atoms with Crippen LogP contribution in [0.4, 0.5) is 4.79 Å². The van der Waals surface area contributed by atoms with Crippen LogP contribution in [-0.4, -0.2) is 25.1 Å². The van der Waals surface area contributed by atoms with Crippen molar-refractivity contribution in [2.24, 2.45) is 5.92 Å². The van der Waals surface area contributed by atoms with E-state index in [1.54, 1.807) is 12.1 Å². The number of benzene rings is 1. The van der Waals surface area contributed by atoms with Gasteiger partial charge in [-0.05, 0) is 46.5 Å². The Morgan fingerprint density at radius 2 is 2.00 bits per heavy atom. The summed E-state index contributed by atoms with van der Waals surface area (Å²) in [6, 6.07) is 4.84. The Morgan fingerprint density at radius 1 is 1.29 bits per heavy atom. The standard InChI is InChI=1S/C14H18Br2N2O3/c1-9(2)5-6-17-14(20)18-13(19)8-21-12-4-3-10(15)7-11(12)16/h3-4,7,9H,5-6,8H2,1-2H3,(H2,17,18,19,20). The Kier molecular flexibility index (Phi) is 7.74. The molecule has 116 valence electrons. The highest BCUT2D eigenvalue weighted by atomic mass is 79.9. The summed E-state index contributed by atoms with van der Waals surface area (Å²) in [5, 5.41) is 4.84. The number of hydrogen-bond donors (Lipinski definition) is 2. The van der Waals surface area contributed by atoms with Crippen LogP contribution in [0.1, 0.15) is 20.3 Å². The molecule has 1 aromatic rings. The van der Waals surface area contributed by atoms with Gasteiger partial charge in [0.1, 0.15) is 5.75 Å². The van der Waals surface area contributed by atoms with Gasteiger partial charge < -0.3 is 10.1 Å². The lowest BCUT2D eigenvalue weighted by atomic mass is 10.1. The molecular weight excluding hydrogens is 404 g/mol. The Hall–Kier alpha value is -1.08. The third-order valence-electron chi connectivity index (χ3n) is 2.51. The summed E-state index contributed by atoms with van der Waals surface area (Å²) >= 11 is 6.66. The van der Waals surface area contributed by atoms with Gasteiger partial charge in [-0.3, -0.25) is 10.1 Å². The number of amides is 3. The maximum absolute atomic E-state index is 11.6. The molecule has 0 radical (unpaired) electrons. The fourth-order valence-corrected chi connectivity index (χ4v) is 2.58. The molecule has 0 bridgehead atoms. The van der Waals surface area contributed by atoms with Gasteiger partial charge in [-0.25, -0.2) is 4.79 Å². The molecule has 0 aliphatic carbocycles. The number of carbonyl (C=O) groups is 2. The van der Waals surface area contributed by atoms with Crippen molar-refractivity contribution in [3.05, 3.63) is 27.1 Å². The molecule has 0 aliphatic heterocycles. The summed E-state index contributed by atoms with van der Waals surface area (Å²) in [4.78, 5) is 23.0. The number of halogens is 2. The first-order chi connectivity index (χ1) is 9.88. The van der Waals surface area contributed by atoms with Crippen LogP contribution in [0.2, 0.25) is 0 Å². The topological polar surface area (TPSA) is 67.4 Å². The molecule has 0 unspecified atom stereocenters. The van der Waals surface area contributed by atoms with Gasteiger partial charge in [-0.1, -0.05) is 29.8 Å². The van der Waals surface area contributed by atoms with Crippen LogP contribution in [0.15, 0.2) is 27.1 Å². The number of urea groups is 1. The van der Waals surface area contributed by atoms with Gasteiger partial charge in [0.25, 0.3) is 5.91 Å². The van der Waals surface area contributed by atoms with Crippen LogP contribution >= 0.6 is 31.9 Å². The van der Waals surface area contributed by atoms with E-state index in [4.69, 9.17) is 4.74 Å². The van der Waals surface area contributed by atoms with E-state index in [9.17, 15) is 9.59 Å². The molecule has 0 fully saturated rings. The summed E-state index contributed by atoms with van der Waals surface area (Å²) in [6.07, 6.45) is 0.865. The van der Waals surface area contributed by atoms with E-state index in [1.807, 2.05) is 6.07 Å². The minimum absolute atomic E-state index is 0.224. The fourth-order valence-electron chi connectivity index (χ4n) is 1.42. The molecular formula is C14H18Br2N2O3. The fraction of sp³-hybridized carbons (Fsp3) is 0.429. The Labute approximate surface area is 141 Å². The van der Waals surface area contributed by atoms with E-state index >= 15 is 0 Å². The van der Waals surface area contributed by atoms with Gasteiger partial charge in [0.2, 0.25) is 0 Å².